The predicted octanol–water partition coefficient (Wildman–Crippen LogP) is 5.06. The lowest BCUT2D eigenvalue weighted by atomic mass is 9.80. The van der Waals surface area contributed by atoms with Crippen LogP contribution in [0.15, 0.2) is 59.6 Å². The van der Waals surface area contributed by atoms with Crippen molar-refractivity contribution in [3.8, 4) is 11.3 Å². The number of benzene rings is 1. The smallest absolute Gasteiger partial charge is 0.309 e. The molecule has 0 saturated carbocycles. The maximum atomic E-state index is 14.4. The van der Waals surface area contributed by atoms with Gasteiger partial charge in [0.2, 0.25) is 0 Å². The quantitative estimate of drug-likeness (QED) is 0.439. The number of nitrogens with zero attached hydrogens (tertiary/aromatic N) is 3. The number of rotatable bonds is 7. The topological polar surface area (TPSA) is 112 Å². The van der Waals surface area contributed by atoms with Crippen LogP contribution in [0.4, 0.5) is 20.4 Å². The van der Waals surface area contributed by atoms with Gasteiger partial charge in [-0.25, -0.2) is 18.7 Å². The van der Waals surface area contributed by atoms with E-state index in [0.29, 0.717) is 37.3 Å². The Morgan fingerprint density at radius 1 is 1.05 bits per heavy atom. The molecule has 0 unspecified atom stereocenters. The van der Waals surface area contributed by atoms with Gasteiger partial charge in [0, 0.05) is 31.1 Å². The van der Waals surface area contributed by atoms with E-state index in [0.717, 1.165) is 12.5 Å². The molecule has 1 aliphatic heterocycles. The summed E-state index contributed by atoms with van der Waals surface area (Å²) >= 11 is 0. The third kappa shape index (κ3) is 5.56. The molecule has 1 fully saturated rings. The summed E-state index contributed by atoms with van der Waals surface area (Å²) in [5.41, 5.74) is 0.0311. The molecule has 0 bridgehead atoms. The maximum Gasteiger partial charge on any atom is 0.309 e. The molecule has 1 aromatic carbocycles. The van der Waals surface area contributed by atoms with Crippen LogP contribution in [0.1, 0.15) is 37.8 Å². The first-order valence-corrected chi connectivity index (χ1v) is 13.2. The van der Waals surface area contributed by atoms with Crippen LogP contribution in [0.3, 0.4) is 0 Å². The number of nitrogens with one attached hydrogen (secondary N) is 1. The maximum absolute atomic E-state index is 14.4. The van der Waals surface area contributed by atoms with Crippen LogP contribution in [0.2, 0.25) is 0 Å². The highest BCUT2D eigenvalue weighted by atomic mass is 32.2. The van der Waals surface area contributed by atoms with Crippen molar-refractivity contribution in [3.63, 3.8) is 0 Å². The van der Waals surface area contributed by atoms with Crippen LogP contribution in [0.5, 0.6) is 0 Å². The fraction of sp³-hybridized carbons (Fsp3) is 0.346. The molecule has 3 aromatic rings. The minimum Gasteiger partial charge on any atom is -0.481 e. The number of hydrogen-bond donors (Lipinski definition) is 2. The van der Waals surface area contributed by atoms with Crippen molar-refractivity contribution in [2.75, 3.05) is 22.7 Å². The van der Waals surface area contributed by atoms with Gasteiger partial charge in [-0.05, 0) is 56.5 Å². The Morgan fingerprint density at radius 2 is 1.73 bits per heavy atom. The summed E-state index contributed by atoms with van der Waals surface area (Å²) < 4.78 is 57.4. The van der Waals surface area contributed by atoms with E-state index < -0.39 is 27.3 Å². The SMILES string of the molecule is Cc1ccccc1-c1nc(NS(=O)(=O)c2cccc(N3CCC(C)(C(=O)O)CC3)n2)ccc1C(C)(F)F. The molecule has 37 heavy (non-hydrogen) atoms. The summed E-state index contributed by atoms with van der Waals surface area (Å²) in [4.78, 5) is 21.9. The van der Waals surface area contributed by atoms with Crippen molar-refractivity contribution in [2.24, 2.45) is 5.41 Å². The Labute approximate surface area is 214 Å². The highest BCUT2D eigenvalue weighted by molar-refractivity contribution is 7.92. The van der Waals surface area contributed by atoms with Crippen molar-refractivity contribution in [2.45, 2.75) is 44.6 Å². The lowest BCUT2D eigenvalue weighted by Gasteiger charge is -2.37. The van der Waals surface area contributed by atoms with E-state index in [1.54, 1.807) is 50.2 Å². The second-order valence-electron chi connectivity index (χ2n) is 9.59. The Balaban J connectivity index is 1.62. The molecule has 4 rings (SSSR count). The second-order valence-corrected chi connectivity index (χ2v) is 11.2. The zero-order chi connectivity index (χ0) is 27.0. The molecular weight excluding hydrogens is 502 g/mol. The first kappa shape index (κ1) is 26.5. The van der Waals surface area contributed by atoms with E-state index in [-0.39, 0.29) is 22.1 Å². The Hall–Kier alpha value is -3.60. The van der Waals surface area contributed by atoms with Gasteiger partial charge in [0.05, 0.1) is 11.1 Å². The normalized spacial score (nSPS) is 15.9. The number of aromatic nitrogens is 2. The van der Waals surface area contributed by atoms with Gasteiger partial charge < -0.3 is 10.0 Å². The van der Waals surface area contributed by atoms with Gasteiger partial charge >= 0.3 is 5.97 Å². The summed E-state index contributed by atoms with van der Waals surface area (Å²) in [6, 6.07) is 13.8. The van der Waals surface area contributed by atoms with E-state index in [1.807, 2.05) is 4.90 Å². The fourth-order valence-corrected chi connectivity index (χ4v) is 5.24. The number of carboxylic acids is 1. The minimum absolute atomic E-state index is 0.0118. The zero-order valence-electron chi connectivity index (χ0n) is 20.7. The summed E-state index contributed by atoms with van der Waals surface area (Å²) in [5, 5.41) is 9.18. The van der Waals surface area contributed by atoms with Gasteiger partial charge in [0.1, 0.15) is 11.6 Å². The van der Waals surface area contributed by atoms with E-state index in [4.69, 9.17) is 0 Å². The molecule has 0 aliphatic carbocycles. The predicted molar refractivity (Wildman–Crippen MR) is 136 cm³/mol. The number of sulfonamides is 1. The average Bonchev–Trinajstić information content (AvgIpc) is 2.84. The number of anilines is 2. The fourth-order valence-electron chi connectivity index (χ4n) is 4.28. The van der Waals surface area contributed by atoms with Crippen LogP contribution in [0.25, 0.3) is 11.3 Å². The highest BCUT2D eigenvalue weighted by Gasteiger charge is 2.37. The average molecular weight is 531 g/mol. The van der Waals surface area contributed by atoms with Gasteiger partial charge in [-0.15, -0.1) is 0 Å². The lowest BCUT2D eigenvalue weighted by molar-refractivity contribution is -0.149. The largest absolute Gasteiger partial charge is 0.481 e. The summed E-state index contributed by atoms with van der Waals surface area (Å²) in [6.07, 6.45) is 0.804. The Morgan fingerprint density at radius 3 is 2.35 bits per heavy atom. The molecule has 1 saturated heterocycles. The van der Waals surface area contributed by atoms with Gasteiger partial charge in [-0.2, -0.15) is 8.42 Å². The molecule has 1 aliphatic rings. The second kappa shape index (κ2) is 9.70. The van der Waals surface area contributed by atoms with Gasteiger partial charge in [-0.3, -0.25) is 9.52 Å². The molecule has 196 valence electrons. The number of carboxylic acid groups (broad SMARTS) is 1. The van der Waals surface area contributed by atoms with E-state index in [9.17, 15) is 27.1 Å². The van der Waals surface area contributed by atoms with Gasteiger partial charge in [-0.1, -0.05) is 30.3 Å². The van der Waals surface area contributed by atoms with Crippen molar-refractivity contribution >= 4 is 27.6 Å². The number of alkyl halides is 2. The molecule has 0 radical (unpaired) electrons. The van der Waals surface area contributed by atoms with Crippen molar-refractivity contribution in [1.82, 2.24) is 9.97 Å². The van der Waals surface area contributed by atoms with E-state index in [2.05, 4.69) is 14.7 Å². The van der Waals surface area contributed by atoms with Crippen LogP contribution < -0.4 is 9.62 Å². The molecule has 11 heteroatoms. The number of aliphatic carboxylic acids is 1. The molecule has 0 amide bonds. The van der Waals surface area contributed by atoms with Crippen LogP contribution in [-0.4, -0.2) is 42.6 Å². The third-order valence-electron chi connectivity index (χ3n) is 6.70. The van der Waals surface area contributed by atoms with E-state index >= 15 is 0 Å². The first-order chi connectivity index (χ1) is 17.3. The number of hydrogen-bond acceptors (Lipinski definition) is 6. The van der Waals surface area contributed by atoms with Gasteiger partial charge in [0.15, 0.2) is 5.03 Å². The minimum atomic E-state index is -4.20. The van der Waals surface area contributed by atoms with Crippen molar-refractivity contribution in [1.29, 1.82) is 0 Å². The number of halogens is 2. The van der Waals surface area contributed by atoms with Crippen molar-refractivity contribution < 1.29 is 27.1 Å². The first-order valence-electron chi connectivity index (χ1n) is 11.7. The molecule has 2 N–H and O–H groups in total. The monoisotopic (exact) mass is 530 g/mol. The molecule has 0 atom stereocenters. The highest BCUT2D eigenvalue weighted by Crippen LogP contribution is 2.37. The summed E-state index contributed by atoms with van der Waals surface area (Å²) in [5.74, 6) is -3.76. The van der Waals surface area contributed by atoms with Crippen LogP contribution in [-0.2, 0) is 20.7 Å². The van der Waals surface area contributed by atoms with Crippen LogP contribution >= 0.6 is 0 Å². The third-order valence-corrected chi connectivity index (χ3v) is 7.95. The van der Waals surface area contributed by atoms with Gasteiger partial charge in [0.25, 0.3) is 15.9 Å². The Bertz CT molecular complexity index is 1430. The molecule has 0 spiro atoms. The molecule has 8 nitrogen and oxygen atoms in total. The zero-order valence-corrected chi connectivity index (χ0v) is 21.5. The number of carbonyl (C=O) groups is 1. The summed E-state index contributed by atoms with van der Waals surface area (Å²) in [7, 11) is -4.20. The lowest BCUT2D eigenvalue weighted by Crippen LogP contribution is -2.43. The Kier molecular flexibility index (Phi) is 6.93. The molecule has 3 heterocycles. The number of aryl methyl sites for hydroxylation is 1. The van der Waals surface area contributed by atoms with Crippen molar-refractivity contribution in [3.05, 3.63) is 65.7 Å². The number of pyridine rings is 2. The van der Waals surface area contributed by atoms with Crippen LogP contribution in [0, 0.1) is 12.3 Å². The molecular formula is C26H28F2N4O4S. The summed E-state index contributed by atoms with van der Waals surface area (Å²) in [6.45, 7) is 5.06. The standard InChI is InChI=1S/C26H28F2N4O4S/c1-17-7-4-5-8-18(17)23-19(26(3,27)28)11-12-20(29-23)31-37(35,36)22-10-6-9-21(30-22)32-15-13-25(2,14-16-32)24(33)34/h4-12H,13-16H2,1-3H3,(H,29,31)(H,33,34). The van der Waals surface area contributed by atoms with E-state index in [1.165, 1.54) is 18.2 Å². The molecule has 2 aromatic heterocycles. The number of piperidine rings is 1.